The number of urea groups is 1. The fourth-order valence-corrected chi connectivity index (χ4v) is 2.15. The molecule has 2 rings (SSSR count). The number of furan rings is 1. The minimum Gasteiger partial charge on any atom is -0.464 e. The van der Waals surface area contributed by atoms with Gasteiger partial charge in [-0.3, -0.25) is 0 Å². The molecule has 1 heterocycles. The van der Waals surface area contributed by atoms with Gasteiger partial charge in [0, 0.05) is 11.8 Å². The van der Waals surface area contributed by atoms with Crippen LogP contribution in [0.5, 0.6) is 0 Å². The Morgan fingerprint density at radius 2 is 1.92 bits per heavy atom. The highest BCUT2D eigenvalue weighted by Gasteiger charge is 2.12. The third kappa shape index (κ3) is 5.84. The van der Waals surface area contributed by atoms with Crippen molar-refractivity contribution in [1.29, 1.82) is 0 Å². The molecule has 0 fully saturated rings. The van der Waals surface area contributed by atoms with Gasteiger partial charge in [0.05, 0.1) is 12.6 Å². The molecule has 0 spiro atoms. The van der Waals surface area contributed by atoms with Crippen molar-refractivity contribution in [3.63, 3.8) is 0 Å². The molecule has 0 saturated carbocycles. The molecule has 1 unspecified atom stereocenters. The number of carbonyl (C=O) groups excluding carboxylic acids is 2. The zero-order valence-corrected chi connectivity index (χ0v) is 14.5. The molecule has 0 aliphatic rings. The number of carbonyl (C=O) groups is 2. The van der Waals surface area contributed by atoms with E-state index in [1.54, 1.807) is 37.3 Å². The molecule has 25 heavy (non-hydrogen) atoms. The van der Waals surface area contributed by atoms with E-state index in [1.807, 2.05) is 26.0 Å². The van der Waals surface area contributed by atoms with Gasteiger partial charge in [0.25, 0.3) is 0 Å². The summed E-state index contributed by atoms with van der Waals surface area (Å²) in [5.41, 5.74) is 1.48. The third-order valence-corrected chi connectivity index (χ3v) is 3.40. The molecule has 132 valence electrons. The summed E-state index contributed by atoms with van der Waals surface area (Å²) in [6, 6.07) is 10.2. The molecule has 2 amide bonds. The maximum atomic E-state index is 12.0. The first-order valence-corrected chi connectivity index (χ1v) is 8.06. The topological polar surface area (TPSA) is 80.6 Å². The highest BCUT2D eigenvalue weighted by atomic mass is 16.5. The van der Waals surface area contributed by atoms with E-state index in [1.165, 1.54) is 6.08 Å². The van der Waals surface area contributed by atoms with Crippen LogP contribution in [-0.4, -0.2) is 18.6 Å². The van der Waals surface area contributed by atoms with E-state index in [9.17, 15) is 9.59 Å². The standard InChI is InChI=1S/C19H22N2O4/c1-4-24-18(22)12-8-15-6-9-16(10-7-15)21-19(23)20-14(3)17-11-5-13(2)25-17/h5-12,14H,4H2,1-3H3,(H2,20,21,23)/b12-8+. The second-order valence-corrected chi connectivity index (χ2v) is 5.48. The predicted octanol–water partition coefficient (Wildman–Crippen LogP) is 4.05. The Balaban J connectivity index is 1.87. The molecule has 6 heteroatoms. The van der Waals surface area contributed by atoms with E-state index in [0.29, 0.717) is 18.1 Å². The fourth-order valence-electron chi connectivity index (χ4n) is 2.15. The van der Waals surface area contributed by atoms with Gasteiger partial charge in [-0.05, 0) is 56.7 Å². The molecular formula is C19H22N2O4. The van der Waals surface area contributed by atoms with Crippen LogP contribution in [0, 0.1) is 6.92 Å². The quantitative estimate of drug-likeness (QED) is 0.613. The second-order valence-electron chi connectivity index (χ2n) is 5.48. The number of amides is 2. The van der Waals surface area contributed by atoms with Crippen LogP contribution >= 0.6 is 0 Å². The lowest BCUT2D eigenvalue weighted by atomic mass is 10.2. The zero-order chi connectivity index (χ0) is 18.2. The second kappa shape index (κ2) is 8.73. The van der Waals surface area contributed by atoms with Gasteiger partial charge in [0.2, 0.25) is 0 Å². The lowest BCUT2D eigenvalue weighted by molar-refractivity contribution is -0.137. The van der Waals surface area contributed by atoms with Crippen molar-refractivity contribution in [3.8, 4) is 0 Å². The van der Waals surface area contributed by atoms with E-state index in [2.05, 4.69) is 10.6 Å². The first-order chi connectivity index (χ1) is 12.0. The van der Waals surface area contributed by atoms with E-state index in [0.717, 1.165) is 11.3 Å². The van der Waals surface area contributed by atoms with Crippen LogP contribution in [0.3, 0.4) is 0 Å². The number of aryl methyl sites for hydroxylation is 1. The number of hydrogen-bond donors (Lipinski definition) is 2. The van der Waals surface area contributed by atoms with Crippen molar-refractivity contribution in [3.05, 3.63) is 59.6 Å². The Morgan fingerprint density at radius 1 is 1.20 bits per heavy atom. The number of anilines is 1. The van der Waals surface area contributed by atoms with Crippen LogP contribution in [0.1, 0.15) is 37.0 Å². The molecule has 1 atom stereocenters. The lowest BCUT2D eigenvalue weighted by Gasteiger charge is -2.12. The SMILES string of the molecule is CCOC(=O)/C=C/c1ccc(NC(=O)NC(C)c2ccc(C)o2)cc1. The van der Waals surface area contributed by atoms with Crippen molar-refractivity contribution in [2.45, 2.75) is 26.8 Å². The first kappa shape index (κ1) is 18.3. The molecule has 6 nitrogen and oxygen atoms in total. The molecule has 1 aromatic carbocycles. The number of ether oxygens (including phenoxy) is 1. The summed E-state index contributed by atoms with van der Waals surface area (Å²) in [6.45, 7) is 5.80. The Labute approximate surface area is 146 Å². The van der Waals surface area contributed by atoms with E-state index in [-0.39, 0.29) is 18.0 Å². The van der Waals surface area contributed by atoms with Crippen molar-refractivity contribution >= 4 is 23.8 Å². The number of benzene rings is 1. The summed E-state index contributed by atoms with van der Waals surface area (Å²) in [5, 5.41) is 5.56. The molecule has 0 bridgehead atoms. The van der Waals surface area contributed by atoms with Crippen LogP contribution < -0.4 is 10.6 Å². The maximum Gasteiger partial charge on any atom is 0.330 e. The van der Waals surface area contributed by atoms with Gasteiger partial charge < -0.3 is 19.8 Å². The van der Waals surface area contributed by atoms with Crippen LogP contribution in [0.25, 0.3) is 6.08 Å². The number of hydrogen-bond acceptors (Lipinski definition) is 4. The minimum absolute atomic E-state index is 0.236. The van der Waals surface area contributed by atoms with Crippen molar-refractivity contribution in [2.24, 2.45) is 0 Å². The summed E-state index contributed by atoms with van der Waals surface area (Å²) in [4.78, 5) is 23.3. The fraction of sp³-hybridized carbons (Fsp3) is 0.263. The smallest absolute Gasteiger partial charge is 0.330 e. The van der Waals surface area contributed by atoms with E-state index >= 15 is 0 Å². The van der Waals surface area contributed by atoms with Gasteiger partial charge in [0.1, 0.15) is 11.5 Å². The predicted molar refractivity (Wildman–Crippen MR) is 96.1 cm³/mol. The number of nitrogens with one attached hydrogen (secondary N) is 2. The number of esters is 1. The summed E-state index contributed by atoms with van der Waals surface area (Å²) in [6.07, 6.45) is 3.02. The molecular weight excluding hydrogens is 320 g/mol. The third-order valence-electron chi connectivity index (χ3n) is 3.40. The van der Waals surface area contributed by atoms with E-state index in [4.69, 9.17) is 9.15 Å². The van der Waals surface area contributed by atoms with E-state index < -0.39 is 0 Å². The maximum absolute atomic E-state index is 12.0. The molecule has 0 saturated heterocycles. The average molecular weight is 342 g/mol. The van der Waals surface area contributed by atoms with Crippen molar-refractivity contribution in [1.82, 2.24) is 5.32 Å². The Kier molecular flexibility index (Phi) is 6.39. The van der Waals surface area contributed by atoms with Gasteiger partial charge >= 0.3 is 12.0 Å². The summed E-state index contributed by atoms with van der Waals surface area (Å²) in [5.74, 6) is 1.12. The van der Waals surface area contributed by atoms with Gasteiger partial charge in [0.15, 0.2) is 0 Å². The van der Waals surface area contributed by atoms with Crippen LogP contribution in [0.4, 0.5) is 10.5 Å². The average Bonchev–Trinajstić information content (AvgIpc) is 3.01. The monoisotopic (exact) mass is 342 g/mol. The van der Waals surface area contributed by atoms with Crippen LogP contribution in [0.2, 0.25) is 0 Å². The van der Waals surface area contributed by atoms with Gasteiger partial charge in [-0.2, -0.15) is 0 Å². The molecule has 1 aromatic heterocycles. The van der Waals surface area contributed by atoms with Crippen molar-refractivity contribution in [2.75, 3.05) is 11.9 Å². The summed E-state index contributed by atoms with van der Waals surface area (Å²) < 4.78 is 10.3. The summed E-state index contributed by atoms with van der Waals surface area (Å²) in [7, 11) is 0. The highest BCUT2D eigenvalue weighted by molar-refractivity contribution is 5.90. The molecule has 2 N–H and O–H groups in total. The summed E-state index contributed by atoms with van der Waals surface area (Å²) >= 11 is 0. The molecule has 0 radical (unpaired) electrons. The molecule has 0 aliphatic carbocycles. The lowest BCUT2D eigenvalue weighted by Crippen LogP contribution is -2.30. The van der Waals surface area contributed by atoms with Gasteiger partial charge in [-0.15, -0.1) is 0 Å². The van der Waals surface area contributed by atoms with Crippen LogP contribution in [0.15, 0.2) is 46.9 Å². The first-order valence-electron chi connectivity index (χ1n) is 8.06. The molecule has 2 aromatic rings. The largest absolute Gasteiger partial charge is 0.464 e. The van der Waals surface area contributed by atoms with Gasteiger partial charge in [-0.1, -0.05) is 12.1 Å². The number of rotatable bonds is 6. The van der Waals surface area contributed by atoms with Gasteiger partial charge in [-0.25, -0.2) is 9.59 Å². The Morgan fingerprint density at radius 3 is 2.52 bits per heavy atom. The zero-order valence-electron chi connectivity index (χ0n) is 14.5. The highest BCUT2D eigenvalue weighted by Crippen LogP contribution is 2.16. The minimum atomic E-state index is -0.383. The Hall–Kier alpha value is -3.02. The van der Waals surface area contributed by atoms with Crippen LogP contribution in [-0.2, 0) is 9.53 Å². The normalized spacial score (nSPS) is 12.0. The van der Waals surface area contributed by atoms with Crippen molar-refractivity contribution < 1.29 is 18.7 Å². The Bertz CT molecular complexity index is 747. The molecule has 0 aliphatic heterocycles.